The Kier molecular flexibility index (Phi) is 6.69. The number of nitrogens with two attached hydrogens (primary N) is 1. The predicted octanol–water partition coefficient (Wildman–Crippen LogP) is 2.46. The number of methoxy groups -OCH3 is 1. The minimum Gasteiger partial charge on any atom is -0.497 e. The molecule has 0 radical (unpaired) electrons. The normalized spacial score (nSPS) is 11.3. The van der Waals surface area contributed by atoms with Crippen LogP contribution in [0.4, 0.5) is 0 Å². The molecule has 0 aromatic heterocycles. The zero-order valence-electron chi connectivity index (χ0n) is 13.7. The van der Waals surface area contributed by atoms with E-state index in [1.165, 1.54) is 5.56 Å². The lowest BCUT2D eigenvalue weighted by Gasteiger charge is -2.30. The highest BCUT2D eigenvalue weighted by atomic mass is 16.5. The lowest BCUT2D eigenvalue weighted by atomic mass is 9.95. The van der Waals surface area contributed by atoms with Gasteiger partial charge in [-0.3, -0.25) is 4.79 Å². The molecule has 4 heteroatoms. The summed E-state index contributed by atoms with van der Waals surface area (Å²) in [5.74, 6) is 0.991. The largest absolute Gasteiger partial charge is 0.497 e. The molecule has 0 spiro atoms. The van der Waals surface area contributed by atoms with E-state index in [0.29, 0.717) is 13.0 Å². The van der Waals surface area contributed by atoms with Crippen LogP contribution in [0.15, 0.2) is 24.3 Å². The van der Waals surface area contributed by atoms with Crippen LogP contribution in [0, 0.1) is 5.41 Å². The third-order valence-corrected chi connectivity index (χ3v) is 3.21. The van der Waals surface area contributed by atoms with Crippen LogP contribution < -0.4 is 10.5 Å². The molecule has 0 saturated carbocycles. The van der Waals surface area contributed by atoms with E-state index in [4.69, 9.17) is 10.5 Å². The van der Waals surface area contributed by atoms with Crippen LogP contribution in [-0.2, 0) is 11.2 Å². The molecule has 0 saturated heterocycles. The Morgan fingerprint density at radius 3 is 2.33 bits per heavy atom. The Balaban J connectivity index is 2.64. The first kappa shape index (κ1) is 17.5. The third-order valence-electron chi connectivity index (χ3n) is 3.21. The van der Waals surface area contributed by atoms with Gasteiger partial charge in [-0.15, -0.1) is 0 Å². The maximum atomic E-state index is 12.2. The van der Waals surface area contributed by atoms with E-state index in [0.717, 1.165) is 25.3 Å². The first-order valence-corrected chi connectivity index (χ1v) is 7.46. The number of nitrogens with zero attached hydrogens (tertiary/aromatic N) is 1. The van der Waals surface area contributed by atoms with Crippen LogP contribution in [-0.4, -0.2) is 37.6 Å². The third kappa shape index (κ3) is 6.63. The summed E-state index contributed by atoms with van der Waals surface area (Å²) in [6.07, 6.45) is 1.26. The topological polar surface area (TPSA) is 55.6 Å². The van der Waals surface area contributed by atoms with Gasteiger partial charge in [0.05, 0.1) is 7.11 Å². The van der Waals surface area contributed by atoms with Crippen LogP contribution in [0.5, 0.6) is 5.75 Å². The van der Waals surface area contributed by atoms with E-state index in [1.54, 1.807) is 7.11 Å². The van der Waals surface area contributed by atoms with Gasteiger partial charge in [-0.05, 0) is 29.5 Å². The summed E-state index contributed by atoms with van der Waals surface area (Å²) < 4.78 is 5.15. The number of carbonyl (C=O) groups is 1. The zero-order valence-corrected chi connectivity index (χ0v) is 13.7. The van der Waals surface area contributed by atoms with Crippen molar-refractivity contribution in [2.75, 3.05) is 26.7 Å². The Morgan fingerprint density at radius 1 is 1.24 bits per heavy atom. The number of hydrogen-bond donors (Lipinski definition) is 1. The monoisotopic (exact) mass is 292 g/mol. The van der Waals surface area contributed by atoms with Crippen LogP contribution in [0.2, 0.25) is 0 Å². The van der Waals surface area contributed by atoms with Crippen molar-refractivity contribution >= 4 is 5.91 Å². The molecule has 21 heavy (non-hydrogen) atoms. The average Bonchev–Trinajstić information content (AvgIpc) is 2.43. The van der Waals surface area contributed by atoms with Gasteiger partial charge in [0, 0.05) is 26.1 Å². The summed E-state index contributed by atoms with van der Waals surface area (Å²) in [7, 11) is 1.66. The summed E-state index contributed by atoms with van der Waals surface area (Å²) in [6.45, 7) is 8.31. The van der Waals surface area contributed by atoms with Gasteiger partial charge in [-0.25, -0.2) is 0 Å². The molecule has 0 atom stereocenters. The van der Waals surface area contributed by atoms with Crippen LogP contribution >= 0.6 is 0 Å². The van der Waals surface area contributed by atoms with Gasteiger partial charge < -0.3 is 15.4 Å². The molecular weight excluding hydrogens is 264 g/mol. The Hall–Kier alpha value is -1.55. The molecule has 0 aliphatic heterocycles. The van der Waals surface area contributed by atoms with Crippen LogP contribution in [0.1, 0.15) is 32.8 Å². The summed E-state index contributed by atoms with van der Waals surface area (Å²) in [5.41, 5.74) is 6.80. The second kappa shape index (κ2) is 8.03. The quantitative estimate of drug-likeness (QED) is 0.840. The van der Waals surface area contributed by atoms with Gasteiger partial charge in [0.15, 0.2) is 0 Å². The van der Waals surface area contributed by atoms with Crippen molar-refractivity contribution in [2.45, 2.75) is 33.6 Å². The smallest absolute Gasteiger partial charge is 0.223 e. The van der Waals surface area contributed by atoms with E-state index in [9.17, 15) is 4.79 Å². The van der Waals surface area contributed by atoms with Crippen molar-refractivity contribution in [3.8, 4) is 5.75 Å². The number of rotatable bonds is 7. The summed E-state index contributed by atoms with van der Waals surface area (Å²) in [5, 5.41) is 0. The maximum Gasteiger partial charge on any atom is 0.223 e. The zero-order chi connectivity index (χ0) is 15.9. The number of ether oxygens (including phenoxy) is 1. The highest BCUT2D eigenvalue weighted by Gasteiger charge is 2.20. The first-order chi connectivity index (χ1) is 9.85. The molecule has 1 amide bonds. The van der Waals surface area contributed by atoms with Gasteiger partial charge >= 0.3 is 0 Å². The minimum absolute atomic E-state index is 0.0875. The standard InChI is InChI=1S/C17H28N2O2/c1-17(2,3)13-19(16(20)9-11-18)12-10-14-5-7-15(21-4)8-6-14/h5-8H,9-13,18H2,1-4H3. The molecule has 0 bridgehead atoms. The van der Waals surface area contributed by atoms with Crippen molar-refractivity contribution in [3.63, 3.8) is 0 Å². The van der Waals surface area contributed by atoms with Crippen molar-refractivity contribution in [1.29, 1.82) is 0 Å². The molecule has 0 fully saturated rings. The van der Waals surface area contributed by atoms with Gasteiger partial charge in [0.25, 0.3) is 0 Å². The minimum atomic E-state index is 0.0875. The lowest BCUT2D eigenvalue weighted by Crippen LogP contribution is -2.39. The Morgan fingerprint density at radius 2 is 1.86 bits per heavy atom. The molecule has 2 N–H and O–H groups in total. The van der Waals surface area contributed by atoms with Crippen molar-refractivity contribution in [3.05, 3.63) is 29.8 Å². The van der Waals surface area contributed by atoms with Crippen molar-refractivity contribution in [2.24, 2.45) is 11.1 Å². The predicted molar refractivity (Wildman–Crippen MR) is 86.4 cm³/mol. The van der Waals surface area contributed by atoms with Crippen LogP contribution in [0.3, 0.4) is 0 Å². The molecule has 1 rings (SSSR count). The fourth-order valence-corrected chi connectivity index (χ4v) is 2.20. The van der Waals surface area contributed by atoms with E-state index in [2.05, 4.69) is 20.8 Å². The SMILES string of the molecule is COc1ccc(CCN(CC(C)(C)C)C(=O)CCN)cc1. The molecule has 0 heterocycles. The fourth-order valence-electron chi connectivity index (χ4n) is 2.20. The van der Waals surface area contributed by atoms with E-state index < -0.39 is 0 Å². The average molecular weight is 292 g/mol. The van der Waals surface area contributed by atoms with Gasteiger partial charge in [-0.2, -0.15) is 0 Å². The number of carbonyl (C=O) groups excluding carboxylic acids is 1. The number of hydrogen-bond acceptors (Lipinski definition) is 3. The lowest BCUT2D eigenvalue weighted by molar-refractivity contribution is -0.132. The summed E-state index contributed by atoms with van der Waals surface area (Å²) >= 11 is 0. The van der Waals surface area contributed by atoms with Gasteiger partial charge in [-0.1, -0.05) is 32.9 Å². The van der Waals surface area contributed by atoms with Gasteiger partial charge in [0.2, 0.25) is 5.91 Å². The van der Waals surface area contributed by atoms with E-state index in [-0.39, 0.29) is 11.3 Å². The van der Waals surface area contributed by atoms with Crippen LogP contribution in [0.25, 0.3) is 0 Å². The van der Waals surface area contributed by atoms with Crippen molar-refractivity contribution in [1.82, 2.24) is 4.90 Å². The van der Waals surface area contributed by atoms with E-state index in [1.807, 2.05) is 29.2 Å². The summed E-state index contributed by atoms with van der Waals surface area (Å²) in [6, 6.07) is 7.99. The molecule has 118 valence electrons. The molecule has 1 aromatic rings. The van der Waals surface area contributed by atoms with E-state index >= 15 is 0 Å². The first-order valence-electron chi connectivity index (χ1n) is 7.46. The molecule has 0 aliphatic carbocycles. The molecule has 1 aromatic carbocycles. The molecule has 0 unspecified atom stereocenters. The molecule has 4 nitrogen and oxygen atoms in total. The number of amides is 1. The highest BCUT2D eigenvalue weighted by molar-refractivity contribution is 5.76. The molecule has 0 aliphatic rings. The molecular formula is C17H28N2O2. The van der Waals surface area contributed by atoms with Crippen molar-refractivity contribution < 1.29 is 9.53 Å². The Labute approximate surface area is 128 Å². The Bertz CT molecular complexity index is 435. The fraction of sp³-hybridized carbons (Fsp3) is 0.588. The summed E-state index contributed by atoms with van der Waals surface area (Å²) in [4.78, 5) is 14.1. The second-order valence-corrected chi connectivity index (χ2v) is 6.51. The second-order valence-electron chi connectivity index (χ2n) is 6.51. The van der Waals surface area contributed by atoms with Gasteiger partial charge in [0.1, 0.15) is 5.75 Å². The highest BCUT2D eigenvalue weighted by Crippen LogP contribution is 2.17. The number of benzene rings is 1. The maximum absolute atomic E-state index is 12.2.